The molecule has 1 atom stereocenters. The average Bonchev–Trinajstić information content (AvgIpc) is 3.30. The average molecular weight is 535 g/mol. The Labute approximate surface area is 224 Å². The van der Waals surface area contributed by atoms with Gasteiger partial charge < -0.3 is 19.5 Å². The SMILES string of the molecule is COc1ccc(C(=O)N2CCc3c(cccc3C(CC(=O)O)c3cc(OC)c4c(c3)nnn4C)C2)cc1Cl. The third-order valence-corrected chi connectivity index (χ3v) is 7.35. The van der Waals surface area contributed by atoms with Crippen LogP contribution >= 0.6 is 11.6 Å². The van der Waals surface area contributed by atoms with Crippen molar-refractivity contribution < 1.29 is 24.2 Å². The van der Waals surface area contributed by atoms with Crippen molar-refractivity contribution in [3.05, 3.63) is 81.4 Å². The van der Waals surface area contributed by atoms with E-state index < -0.39 is 11.9 Å². The second-order valence-electron chi connectivity index (χ2n) is 9.27. The van der Waals surface area contributed by atoms with Gasteiger partial charge in [-0.1, -0.05) is 35.0 Å². The number of hydrogen-bond acceptors (Lipinski definition) is 6. The third-order valence-electron chi connectivity index (χ3n) is 7.05. The zero-order chi connectivity index (χ0) is 27.0. The first kappa shape index (κ1) is 25.5. The highest BCUT2D eigenvalue weighted by Gasteiger charge is 2.28. The van der Waals surface area contributed by atoms with Crippen molar-refractivity contribution in [1.29, 1.82) is 0 Å². The summed E-state index contributed by atoms with van der Waals surface area (Å²) >= 11 is 6.25. The predicted octanol–water partition coefficient (Wildman–Crippen LogP) is 4.44. The van der Waals surface area contributed by atoms with E-state index in [1.807, 2.05) is 30.3 Å². The van der Waals surface area contributed by atoms with Gasteiger partial charge in [0, 0.05) is 31.6 Å². The van der Waals surface area contributed by atoms with E-state index in [0.29, 0.717) is 47.1 Å². The van der Waals surface area contributed by atoms with E-state index >= 15 is 0 Å². The second kappa shape index (κ2) is 10.3. The van der Waals surface area contributed by atoms with Gasteiger partial charge in [-0.25, -0.2) is 4.68 Å². The van der Waals surface area contributed by atoms with Crippen LogP contribution in [0.5, 0.6) is 11.5 Å². The summed E-state index contributed by atoms with van der Waals surface area (Å²) < 4.78 is 12.4. The molecule has 3 aromatic carbocycles. The van der Waals surface area contributed by atoms with Gasteiger partial charge in [-0.2, -0.15) is 0 Å². The van der Waals surface area contributed by atoms with Gasteiger partial charge >= 0.3 is 5.97 Å². The Kier molecular flexibility index (Phi) is 6.94. The number of aliphatic carboxylic acids is 1. The number of ether oxygens (including phenoxy) is 2. The molecule has 38 heavy (non-hydrogen) atoms. The van der Waals surface area contributed by atoms with E-state index in [9.17, 15) is 14.7 Å². The van der Waals surface area contributed by atoms with Crippen LogP contribution in [-0.4, -0.2) is 57.6 Å². The lowest BCUT2D eigenvalue weighted by Gasteiger charge is -2.32. The molecule has 1 aromatic heterocycles. The second-order valence-corrected chi connectivity index (χ2v) is 9.67. The first-order valence-corrected chi connectivity index (χ1v) is 12.5. The van der Waals surface area contributed by atoms with Crippen LogP contribution < -0.4 is 9.47 Å². The summed E-state index contributed by atoms with van der Waals surface area (Å²) in [5.74, 6) is -0.358. The number of nitrogens with zero attached hydrogens (tertiary/aromatic N) is 4. The molecule has 0 spiro atoms. The Balaban J connectivity index is 1.50. The number of benzene rings is 3. The maximum Gasteiger partial charge on any atom is 0.304 e. The Morgan fingerprint density at radius 1 is 1.11 bits per heavy atom. The van der Waals surface area contributed by atoms with Crippen molar-refractivity contribution in [3.8, 4) is 11.5 Å². The van der Waals surface area contributed by atoms with Crippen molar-refractivity contribution in [3.63, 3.8) is 0 Å². The quantitative estimate of drug-likeness (QED) is 0.373. The molecular weight excluding hydrogens is 508 g/mol. The van der Waals surface area contributed by atoms with Crippen molar-refractivity contribution in [1.82, 2.24) is 19.9 Å². The number of rotatable bonds is 7. The monoisotopic (exact) mass is 534 g/mol. The lowest BCUT2D eigenvalue weighted by atomic mass is 9.82. The van der Waals surface area contributed by atoms with E-state index in [4.69, 9.17) is 21.1 Å². The molecule has 1 amide bonds. The van der Waals surface area contributed by atoms with E-state index in [0.717, 1.165) is 27.8 Å². The fourth-order valence-electron chi connectivity index (χ4n) is 5.23. The van der Waals surface area contributed by atoms with Gasteiger partial charge in [0.1, 0.15) is 22.5 Å². The van der Waals surface area contributed by atoms with Gasteiger partial charge in [0.15, 0.2) is 0 Å². The largest absolute Gasteiger partial charge is 0.495 e. The molecule has 0 saturated carbocycles. The van der Waals surface area contributed by atoms with E-state index in [-0.39, 0.29) is 12.3 Å². The third kappa shape index (κ3) is 4.65. The number of methoxy groups -OCH3 is 2. The lowest BCUT2D eigenvalue weighted by Crippen LogP contribution is -2.36. The number of carboxylic acid groups (broad SMARTS) is 1. The molecule has 0 fully saturated rings. The van der Waals surface area contributed by atoms with Crippen molar-refractivity contribution in [2.24, 2.45) is 7.05 Å². The molecule has 1 unspecified atom stereocenters. The summed E-state index contributed by atoms with van der Waals surface area (Å²) in [5.41, 5.74) is 5.64. The number of amides is 1. The molecule has 5 rings (SSSR count). The summed E-state index contributed by atoms with van der Waals surface area (Å²) in [4.78, 5) is 27.0. The molecule has 1 aliphatic rings. The first-order valence-electron chi connectivity index (χ1n) is 12.1. The topological polar surface area (TPSA) is 107 Å². The highest BCUT2D eigenvalue weighted by Crippen LogP contribution is 2.38. The van der Waals surface area contributed by atoms with Gasteiger partial charge in [0.25, 0.3) is 5.91 Å². The van der Waals surface area contributed by atoms with Crippen LogP contribution in [0, 0.1) is 0 Å². The molecule has 0 radical (unpaired) electrons. The Hall–Kier alpha value is -4.11. The summed E-state index contributed by atoms with van der Waals surface area (Å²) in [6.45, 7) is 0.913. The minimum atomic E-state index is -0.908. The van der Waals surface area contributed by atoms with Crippen molar-refractivity contribution >= 4 is 34.5 Å². The molecule has 1 aliphatic heterocycles. The molecule has 196 valence electrons. The highest BCUT2D eigenvalue weighted by atomic mass is 35.5. The molecule has 4 aromatic rings. The number of aryl methyl sites for hydroxylation is 1. The smallest absolute Gasteiger partial charge is 0.304 e. The highest BCUT2D eigenvalue weighted by molar-refractivity contribution is 6.32. The molecular formula is C28H27ClN4O5. The number of carboxylic acids is 1. The molecule has 0 aliphatic carbocycles. The Morgan fingerprint density at radius 2 is 1.89 bits per heavy atom. The lowest BCUT2D eigenvalue weighted by molar-refractivity contribution is -0.137. The maximum absolute atomic E-state index is 13.3. The van der Waals surface area contributed by atoms with Gasteiger partial charge in [0.2, 0.25) is 0 Å². The van der Waals surface area contributed by atoms with Crippen LogP contribution in [0.2, 0.25) is 5.02 Å². The number of carbonyl (C=O) groups is 2. The number of carbonyl (C=O) groups excluding carboxylic acids is 1. The van der Waals surface area contributed by atoms with E-state index in [2.05, 4.69) is 10.3 Å². The van der Waals surface area contributed by atoms with Gasteiger partial charge in [-0.05, 0) is 59.0 Å². The first-order chi connectivity index (χ1) is 18.3. The fourth-order valence-corrected chi connectivity index (χ4v) is 5.49. The zero-order valence-electron chi connectivity index (χ0n) is 21.3. The standard InChI is InChI=1S/C28H27ClN4O5/c1-32-27-23(30-31-32)12-18(13-25(27)38-3)21(14-26(34)35)20-6-4-5-17-15-33(10-9-19(17)20)28(36)16-7-8-24(37-2)22(29)11-16/h4-8,11-13,21H,9-10,14-15H2,1-3H3,(H,34,35). The van der Waals surface area contributed by atoms with Crippen molar-refractivity contribution in [2.45, 2.75) is 25.3 Å². The zero-order valence-corrected chi connectivity index (χ0v) is 22.0. The van der Waals surface area contributed by atoms with Crippen LogP contribution in [0.1, 0.15) is 45.0 Å². The minimum Gasteiger partial charge on any atom is -0.495 e. The van der Waals surface area contributed by atoms with Gasteiger partial charge in [-0.3, -0.25) is 9.59 Å². The van der Waals surface area contributed by atoms with Crippen LogP contribution in [0.25, 0.3) is 11.0 Å². The normalized spacial score (nSPS) is 13.7. The van der Waals surface area contributed by atoms with E-state index in [1.165, 1.54) is 7.11 Å². The molecule has 1 N–H and O–H groups in total. The summed E-state index contributed by atoms with van der Waals surface area (Å²) in [7, 11) is 4.89. The Morgan fingerprint density at radius 3 is 2.61 bits per heavy atom. The van der Waals surface area contributed by atoms with Crippen molar-refractivity contribution in [2.75, 3.05) is 20.8 Å². The molecule has 2 heterocycles. The van der Waals surface area contributed by atoms with E-state index in [1.54, 1.807) is 41.9 Å². The maximum atomic E-state index is 13.3. The number of halogens is 1. The predicted molar refractivity (Wildman–Crippen MR) is 142 cm³/mol. The van der Waals surface area contributed by atoms with Crippen LogP contribution in [0.4, 0.5) is 0 Å². The van der Waals surface area contributed by atoms with Gasteiger partial charge in [0.05, 0.1) is 25.7 Å². The summed E-state index contributed by atoms with van der Waals surface area (Å²) in [6, 6.07) is 14.6. The molecule has 10 heteroatoms. The summed E-state index contributed by atoms with van der Waals surface area (Å²) in [5, 5.41) is 18.5. The fraction of sp³-hybridized carbons (Fsp3) is 0.286. The van der Waals surface area contributed by atoms with Crippen LogP contribution in [0.3, 0.4) is 0 Å². The molecule has 0 saturated heterocycles. The number of fused-ring (bicyclic) bond motifs is 2. The summed E-state index contributed by atoms with van der Waals surface area (Å²) in [6.07, 6.45) is 0.500. The molecule has 9 nitrogen and oxygen atoms in total. The minimum absolute atomic E-state index is 0.0988. The number of hydrogen-bond donors (Lipinski definition) is 1. The number of aromatic nitrogens is 3. The Bertz CT molecular complexity index is 1550. The van der Waals surface area contributed by atoms with Crippen LogP contribution in [-0.2, 0) is 24.8 Å². The molecule has 0 bridgehead atoms. The van der Waals surface area contributed by atoms with Crippen LogP contribution in [0.15, 0.2) is 48.5 Å². The van der Waals surface area contributed by atoms with Gasteiger partial charge in [-0.15, -0.1) is 5.10 Å².